The van der Waals surface area contributed by atoms with Gasteiger partial charge in [-0.25, -0.2) is 5.06 Å². The van der Waals surface area contributed by atoms with Crippen molar-refractivity contribution in [1.29, 1.82) is 0 Å². The summed E-state index contributed by atoms with van der Waals surface area (Å²) in [5.41, 5.74) is 0. The third kappa shape index (κ3) is 7.10. The van der Waals surface area contributed by atoms with Gasteiger partial charge in [-0.2, -0.15) is 0 Å². The van der Waals surface area contributed by atoms with Gasteiger partial charge in [0.1, 0.15) is 6.04 Å². The minimum Gasteiger partial charge on any atom is -0.394 e. The molecule has 0 saturated carbocycles. The standard InChI is InChI=1S/C19H35N3O5/c1-4-5-6-8-15(11-21(27)13-24)18(25)20-17(14(2)3)19(26)22-10-7-9-16(22)12-23/h13-17,23,27H,4-12H2,1-3H3,(H,20,25). The summed E-state index contributed by atoms with van der Waals surface area (Å²) in [6, 6.07) is -0.888. The average Bonchev–Trinajstić information content (AvgIpc) is 3.13. The van der Waals surface area contributed by atoms with Gasteiger partial charge in [-0.15, -0.1) is 0 Å². The second-order valence-corrected chi connectivity index (χ2v) is 7.66. The number of nitrogens with zero attached hydrogens (tertiary/aromatic N) is 2. The van der Waals surface area contributed by atoms with Crippen LogP contribution in [-0.2, 0) is 14.4 Å². The summed E-state index contributed by atoms with van der Waals surface area (Å²) >= 11 is 0. The van der Waals surface area contributed by atoms with Crippen LogP contribution in [-0.4, -0.2) is 70.3 Å². The normalized spacial score (nSPS) is 19.0. The van der Waals surface area contributed by atoms with E-state index in [2.05, 4.69) is 12.2 Å². The fourth-order valence-electron chi connectivity index (χ4n) is 3.49. The van der Waals surface area contributed by atoms with Crippen LogP contribution in [0.25, 0.3) is 0 Å². The molecule has 1 rings (SSSR count). The highest BCUT2D eigenvalue weighted by Gasteiger charge is 2.36. The summed E-state index contributed by atoms with van der Waals surface area (Å²) in [5, 5.41) is 22.3. The SMILES string of the molecule is CCCCCC(CN(O)C=O)C(=O)NC(C(=O)N1CCCC1CO)C(C)C. The number of hydrogen-bond donors (Lipinski definition) is 3. The Morgan fingerprint density at radius 2 is 2.04 bits per heavy atom. The monoisotopic (exact) mass is 385 g/mol. The van der Waals surface area contributed by atoms with E-state index in [4.69, 9.17) is 0 Å². The van der Waals surface area contributed by atoms with Crippen molar-refractivity contribution in [3.63, 3.8) is 0 Å². The minimum atomic E-state index is -0.693. The smallest absolute Gasteiger partial charge is 0.245 e. The number of aliphatic hydroxyl groups is 1. The highest BCUT2D eigenvalue weighted by atomic mass is 16.5. The third-order valence-corrected chi connectivity index (χ3v) is 5.16. The van der Waals surface area contributed by atoms with Crippen molar-refractivity contribution in [3.8, 4) is 0 Å². The van der Waals surface area contributed by atoms with E-state index in [9.17, 15) is 24.7 Å². The van der Waals surface area contributed by atoms with Crippen molar-refractivity contribution in [3.05, 3.63) is 0 Å². The second kappa shape index (κ2) is 11.9. The first-order valence-corrected chi connectivity index (χ1v) is 9.98. The lowest BCUT2D eigenvalue weighted by Crippen LogP contribution is -2.54. The molecule has 0 radical (unpaired) electrons. The van der Waals surface area contributed by atoms with Gasteiger partial charge in [0, 0.05) is 6.54 Å². The molecule has 3 amide bonds. The molecule has 0 aliphatic carbocycles. The molecular formula is C19H35N3O5. The van der Waals surface area contributed by atoms with E-state index in [-0.39, 0.29) is 43.3 Å². The van der Waals surface area contributed by atoms with Gasteiger partial charge >= 0.3 is 0 Å². The lowest BCUT2D eigenvalue weighted by molar-refractivity contribution is -0.155. The van der Waals surface area contributed by atoms with E-state index in [1.165, 1.54) is 0 Å². The molecule has 1 aliphatic rings. The molecule has 0 spiro atoms. The van der Waals surface area contributed by atoms with Gasteiger partial charge in [0.25, 0.3) is 0 Å². The Balaban J connectivity index is 2.82. The Hall–Kier alpha value is -1.67. The Bertz CT molecular complexity index is 486. The van der Waals surface area contributed by atoms with Gasteiger partial charge in [-0.1, -0.05) is 40.0 Å². The van der Waals surface area contributed by atoms with Crippen LogP contribution in [0.1, 0.15) is 59.3 Å². The number of aliphatic hydroxyl groups excluding tert-OH is 1. The van der Waals surface area contributed by atoms with Crippen molar-refractivity contribution in [2.45, 2.75) is 71.4 Å². The zero-order valence-electron chi connectivity index (χ0n) is 16.8. The first-order valence-electron chi connectivity index (χ1n) is 9.98. The topological polar surface area (TPSA) is 110 Å². The Kier molecular flexibility index (Phi) is 10.3. The van der Waals surface area contributed by atoms with Gasteiger partial charge in [-0.05, 0) is 25.2 Å². The van der Waals surface area contributed by atoms with Crippen LogP contribution in [0.2, 0.25) is 0 Å². The maximum atomic E-state index is 12.9. The molecule has 3 atom stereocenters. The van der Waals surface area contributed by atoms with Crippen LogP contribution < -0.4 is 5.32 Å². The summed E-state index contributed by atoms with van der Waals surface area (Å²) in [6.07, 6.45) is 5.17. The number of nitrogens with one attached hydrogen (secondary N) is 1. The minimum absolute atomic E-state index is 0.0804. The molecule has 0 aromatic rings. The lowest BCUT2D eigenvalue weighted by atomic mass is 9.97. The molecule has 0 aromatic carbocycles. The van der Waals surface area contributed by atoms with E-state index in [0.29, 0.717) is 18.0 Å². The Morgan fingerprint density at radius 3 is 2.59 bits per heavy atom. The van der Waals surface area contributed by atoms with Crippen LogP contribution >= 0.6 is 0 Å². The number of unbranched alkanes of at least 4 members (excludes halogenated alkanes) is 2. The molecule has 0 bridgehead atoms. The molecule has 3 N–H and O–H groups in total. The second-order valence-electron chi connectivity index (χ2n) is 7.66. The van der Waals surface area contributed by atoms with Crippen LogP contribution in [0.4, 0.5) is 0 Å². The highest BCUT2D eigenvalue weighted by molar-refractivity contribution is 5.89. The molecule has 0 aromatic heterocycles. The van der Waals surface area contributed by atoms with E-state index in [0.717, 1.165) is 32.1 Å². The van der Waals surface area contributed by atoms with Crippen LogP contribution in [0.3, 0.4) is 0 Å². The highest BCUT2D eigenvalue weighted by Crippen LogP contribution is 2.20. The number of hydrogen-bond acceptors (Lipinski definition) is 5. The summed E-state index contributed by atoms with van der Waals surface area (Å²) in [7, 11) is 0. The first-order chi connectivity index (χ1) is 12.8. The number of carbonyl (C=O) groups is 3. The molecule has 3 unspecified atom stereocenters. The van der Waals surface area contributed by atoms with Gasteiger partial charge in [-0.3, -0.25) is 19.6 Å². The summed E-state index contributed by atoms with van der Waals surface area (Å²) in [4.78, 5) is 38.1. The Labute approximate surface area is 161 Å². The van der Waals surface area contributed by atoms with Crippen molar-refractivity contribution in [2.24, 2.45) is 11.8 Å². The number of carbonyl (C=O) groups excluding carboxylic acids is 3. The molecular weight excluding hydrogens is 350 g/mol. The van der Waals surface area contributed by atoms with Crippen molar-refractivity contribution >= 4 is 18.2 Å². The summed E-state index contributed by atoms with van der Waals surface area (Å²) < 4.78 is 0. The molecule has 1 saturated heterocycles. The van der Waals surface area contributed by atoms with Crippen LogP contribution in [0.5, 0.6) is 0 Å². The fraction of sp³-hybridized carbons (Fsp3) is 0.842. The molecule has 1 aliphatic heterocycles. The van der Waals surface area contributed by atoms with Crippen LogP contribution in [0.15, 0.2) is 0 Å². The van der Waals surface area contributed by atoms with E-state index < -0.39 is 12.0 Å². The number of amides is 3. The van der Waals surface area contributed by atoms with Gasteiger partial charge in [0.15, 0.2) is 0 Å². The Morgan fingerprint density at radius 1 is 1.33 bits per heavy atom. The number of rotatable bonds is 12. The predicted octanol–water partition coefficient (Wildman–Crippen LogP) is 1.15. The summed E-state index contributed by atoms with van der Waals surface area (Å²) in [5.74, 6) is -1.21. The fourth-order valence-corrected chi connectivity index (χ4v) is 3.49. The number of likely N-dealkylation sites (tertiary alicyclic amines) is 1. The average molecular weight is 386 g/mol. The maximum absolute atomic E-state index is 12.9. The first kappa shape index (κ1) is 23.4. The van der Waals surface area contributed by atoms with Gasteiger partial charge in [0.05, 0.1) is 25.1 Å². The largest absolute Gasteiger partial charge is 0.394 e. The third-order valence-electron chi connectivity index (χ3n) is 5.16. The molecule has 8 nitrogen and oxygen atoms in total. The van der Waals surface area contributed by atoms with E-state index in [1.54, 1.807) is 4.90 Å². The van der Waals surface area contributed by atoms with Crippen molar-refractivity contribution in [1.82, 2.24) is 15.3 Å². The lowest BCUT2D eigenvalue weighted by Gasteiger charge is -2.31. The van der Waals surface area contributed by atoms with E-state index >= 15 is 0 Å². The molecule has 1 heterocycles. The zero-order valence-corrected chi connectivity index (χ0v) is 16.8. The van der Waals surface area contributed by atoms with Crippen molar-refractivity contribution in [2.75, 3.05) is 19.7 Å². The van der Waals surface area contributed by atoms with Crippen LogP contribution in [0, 0.1) is 11.8 Å². The molecule has 1 fully saturated rings. The summed E-state index contributed by atoms with van der Waals surface area (Å²) in [6.45, 7) is 6.19. The number of hydroxylamine groups is 2. The van der Waals surface area contributed by atoms with Gasteiger partial charge < -0.3 is 15.3 Å². The quantitative estimate of drug-likeness (QED) is 0.202. The predicted molar refractivity (Wildman–Crippen MR) is 101 cm³/mol. The van der Waals surface area contributed by atoms with Gasteiger partial charge in [0.2, 0.25) is 18.2 Å². The molecule has 156 valence electrons. The van der Waals surface area contributed by atoms with E-state index in [1.807, 2.05) is 13.8 Å². The van der Waals surface area contributed by atoms with Crippen molar-refractivity contribution < 1.29 is 24.7 Å². The molecule has 8 heteroatoms. The molecule has 27 heavy (non-hydrogen) atoms. The maximum Gasteiger partial charge on any atom is 0.245 e. The zero-order chi connectivity index (χ0) is 20.4.